The van der Waals surface area contributed by atoms with Gasteiger partial charge in [-0.3, -0.25) is 4.79 Å². The van der Waals surface area contributed by atoms with E-state index < -0.39 is 0 Å². The molecule has 1 saturated heterocycles. The molecule has 1 aromatic rings. The standard InChI is InChI=1S/C12H18ClN3OS/c1-12(2,3)10-9(18-15-14-10)11(17)16-6-4-5-8(13)7-16/h8H,4-7H2,1-3H3. The molecule has 0 aliphatic carbocycles. The molecule has 0 bridgehead atoms. The van der Waals surface area contributed by atoms with E-state index in [0.29, 0.717) is 11.4 Å². The number of halogens is 1. The second-order valence-corrected chi connectivity index (χ2v) is 7.06. The van der Waals surface area contributed by atoms with Crippen LogP contribution in [0.4, 0.5) is 0 Å². The summed E-state index contributed by atoms with van der Waals surface area (Å²) in [4.78, 5) is 15.0. The van der Waals surface area contributed by atoms with Crippen molar-refractivity contribution in [1.29, 1.82) is 0 Å². The molecule has 0 N–H and O–H groups in total. The highest BCUT2D eigenvalue weighted by molar-refractivity contribution is 7.08. The van der Waals surface area contributed by atoms with Crippen molar-refractivity contribution in [3.63, 3.8) is 0 Å². The summed E-state index contributed by atoms with van der Waals surface area (Å²) in [6.07, 6.45) is 1.95. The summed E-state index contributed by atoms with van der Waals surface area (Å²) >= 11 is 7.31. The third-order valence-electron chi connectivity index (χ3n) is 3.04. The number of likely N-dealkylation sites (tertiary alicyclic amines) is 1. The van der Waals surface area contributed by atoms with Crippen LogP contribution in [0.1, 0.15) is 49.0 Å². The van der Waals surface area contributed by atoms with Crippen LogP contribution in [0.5, 0.6) is 0 Å². The number of rotatable bonds is 1. The maximum absolute atomic E-state index is 12.5. The van der Waals surface area contributed by atoms with Crippen LogP contribution < -0.4 is 0 Å². The Kier molecular flexibility index (Phi) is 3.92. The number of carbonyl (C=O) groups is 1. The lowest BCUT2D eigenvalue weighted by atomic mass is 9.91. The van der Waals surface area contributed by atoms with Gasteiger partial charge >= 0.3 is 0 Å². The highest BCUT2D eigenvalue weighted by Crippen LogP contribution is 2.28. The summed E-state index contributed by atoms with van der Waals surface area (Å²) in [6, 6.07) is 0. The summed E-state index contributed by atoms with van der Waals surface area (Å²) in [7, 11) is 0. The van der Waals surface area contributed by atoms with Crippen LogP contribution in [-0.2, 0) is 5.41 Å². The van der Waals surface area contributed by atoms with E-state index in [1.54, 1.807) is 0 Å². The molecule has 0 spiro atoms. The minimum atomic E-state index is -0.159. The highest BCUT2D eigenvalue weighted by Gasteiger charge is 2.30. The van der Waals surface area contributed by atoms with Gasteiger partial charge < -0.3 is 4.90 Å². The monoisotopic (exact) mass is 287 g/mol. The molecule has 100 valence electrons. The molecular formula is C12H18ClN3OS. The molecule has 1 aliphatic rings. The van der Waals surface area contributed by atoms with Crippen molar-refractivity contribution in [1.82, 2.24) is 14.5 Å². The van der Waals surface area contributed by atoms with Crippen LogP contribution in [0.3, 0.4) is 0 Å². The quantitative estimate of drug-likeness (QED) is 0.746. The van der Waals surface area contributed by atoms with Gasteiger partial charge in [-0.15, -0.1) is 16.7 Å². The molecular weight excluding hydrogens is 270 g/mol. The number of piperidine rings is 1. The first-order valence-corrected chi connectivity index (χ1v) is 7.37. The van der Waals surface area contributed by atoms with Crippen molar-refractivity contribution in [3.8, 4) is 0 Å². The van der Waals surface area contributed by atoms with Gasteiger partial charge in [0.15, 0.2) is 0 Å². The molecule has 0 saturated carbocycles. The number of nitrogens with zero attached hydrogens (tertiary/aromatic N) is 3. The van der Waals surface area contributed by atoms with Crippen LogP contribution >= 0.6 is 23.1 Å². The fourth-order valence-electron chi connectivity index (χ4n) is 2.08. The van der Waals surface area contributed by atoms with E-state index in [4.69, 9.17) is 11.6 Å². The number of aromatic nitrogens is 2. The average Bonchev–Trinajstić information content (AvgIpc) is 2.76. The number of hydrogen-bond acceptors (Lipinski definition) is 4. The Bertz CT molecular complexity index is 441. The molecule has 0 aromatic carbocycles. The van der Waals surface area contributed by atoms with Crippen LogP contribution in [0.15, 0.2) is 0 Å². The smallest absolute Gasteiger partial charge is 0.267 e. The largest absolute Gasteiger partial charge is 0.336 e. The Labute approximate surface area is 116 Å². The number of amides is 1. The van der Waals surface area contributed by atoms with Crippen LogP contribution in [0, 0.1) is 0 Å². The van der Waals surface area contributed by atoms with Gasteiger partial charge in [0.1, 0.15) is 4.88 Å². The molecule has 2 heterocycles. The first kappa shape index (κ1) is 13.7. The summed E-state index contributed by atoms with van der Waals surface area (Å²) < 4.78 is 3.93. The topological polar surface area (TPSA) is 46.1 Å². The summed E-state index contributed by atoms with van der Waals surface area (Å²) in [5.74, 6) is 0.0280. The molecule has 18 heavy (non-hydrogen) atoms. The second kappa shape index (κ2) is 5.13. The van der Waals surface area contributed by atoms with Gasteiger partial charge in [-0.1, -0.05) is 25.3 Å². The molecule has 1 amide bonds. The summed E-state index contributed by atoms with van der Waals surface area (Å²) in [6.45, 7) is 7.54. The molecule has 4 nitrogen and oxygen atoms in total. The minimum absolute atomic E-state index is 0.0280. The number of hydrogen-bond donors (Lipinski definition) is 0. The lowest BCUT2D eigenvalue weighted by Crippen LogP contribution is -2.40. The van der Waals surface area contributed by atoms with Crippen molar-refractivity contribution >= 4 is 29.0 Å². The Morgan fingerprint density at radius 2 is 2.22 bits per heavy atom. The number of alkyl halides is 1. The van der Waals surface area contributed by atoms with Crippen LogP contribution in [-0.4, -0.2) is 38.9 Å². The molecule has 1 atom stereocenters. The average molecular weight is 288 g/mol. The maximum Gasteiger partial charge on any atom is 0.267 e. The van der Waals surface area contributed by atoms with Gasteiger partial charge in [0.2, 0.25) is 0 Å². The summed E-state index contributed by atoms with van der Waals surface area (Å²) in [5, 5.41) is 4.18. The highest BCUT2D eigenvalue weighted by atomic mass is 35.5. The van der Waals surface area contributed by atoms with Gasteiger partial charge in [0, 0.05) is 18.5 Å². The van der Waals surface area contributed by atoms with Crippen LogP contribution in [0.25, 0.3) is 0 Å². The third kappa shape index (κ3) is 2.83. The Morgan fingerprint density at radius 3 is 2.83 bits per heavy atom. The van der Waals surface area contributed by atoms with Crippen molar-refractivity contribution in [2.75, 3.05) is 13.1 Å². The SMILES string of the molecule is CC(C)(C)c1nnsc1C(=O)N1CCCC(Cl)C1. The minimum Gasteiger partial charge on any atom is -0.336 e. The van der Waals surface area contributed by atoms with Gasteiger partial charge in [-0.2, -0.15) is 0 Å². The molecule has 6 heteroatoms. The normalized spacial score (nSPS) is 21.1. The fourth-order valence-corrected chi connectivity index (χ4v) is 3.24. The van der Waals surface area contributed by atoms with Gasteiger partial charge in [-0.25, -0.2) is 0 Å². The molecule has 1 unspecified atom stereocenters. The maximum atomic E-state index is 12.5. The third-order valence-corrected chi connectivity index (χ3v) is 4.11. The zero-order chi connectivity index (χ0) is 13.3. The van der Waals surface area contributed by atoms with Gasteiger partial charge in [0.05, 0.1) is 11.1 Å². The second-order valence-electron chi connectivity index (χ2n) is 5.69. The Hall–Kier alpha value is -0.680. The summed E-state index contributed by atoms with van der Waals surface area (Å²) in [5.41, 5.74) is 0.628. The Balaban J connectivity index is 2.21. The molecule has 0 radical (unpaired) electrons. The van der Waals surface area contributed by atoms with Crippen LogP contribution in [0.2, 0.25) is 0 Å². The first-order valence-electron chi connectivity index (χ1n) is 6.16. The van der Waals surface area contributed by atoms with E-state index in [1.807, 2.05) is 25.7 Å². The first-order chi connectivity index (χ1) is 8.39. The van der Waals surface area contributed by atoms with E-state index >= 15 is 0 Å². The fraction of sp³-hybridized carbons (Fsp3) is 0.750. The van der Waals surface area contributed by atoms with E-state index in [-0.39, 0.29) is 16.7 Å². The predicted octanol–water partition coefficient (Wildman–Crippen LogP) is 2.68. The van der Waals surface area contributed by atoms with Crippen molar-refractivity contribution < 1.29 is 4.79 Å². The predicted molar refractivity (Wildman–Crippen MR) is 73.4 cm³/mol. The van der Waals surface area contributed by atoms with Crippen molar-refractivity contribution in [2.45, 2.75) is 44.4 Å². The Morgan fingerprint density at radius 1 is 1.50 bits per heavy atom. The lowest BCUT2D eigenvalue weighted by molar-refractivity contribution is 0.0729. The van der Waals surface area contributed by atoms with Crippen molar-refractivity contribution in [3.05, 3.63) is 10.6 Å². The zero-order valence-corrected chi connectivity index (χ0v) is 12.5. The molecule has 1 aliphatic heterocycles. The van der Waals surface area contributed by atoms with E-state index in [1.165, 1.54) is 11.5 Å². The molecule has 2 rings (SSSR count). The van der Waals surface area contributed by atoms with Gasteiger partial charge in [0.25, 0.3) is 5.91 Å². The van der Waals surface area contributed by atoms with E-state index in [2.05, 4.69) is 9.59 Å². The van der Waals surface area contributed by atoms with Gasteiger partial charge in [-0.05, 0) is 24.4 Å². The number of carbonyl (C=O) groups excluding carboxylic acids is 1. The molecule has 1 aromatic heterocycles. The lowest BCUT2D eigenvalue weighted by Gasteiger charge is -2.30. The van der Waals surface area contributed by atoms with Crippen molar-refractivity contribution in [2.24, 2.45) is 0 Å². The van der Waals surface area contributed by atoms with E-state index in [0.717, 1.165) is 25.1 Å². The molecule has 1 fully saturated rings. The van der Waals surface area contributed by atoms with E-state index in [9.17, 15) is 4.79 Å². The zero-order valence-electron chi connectivity index (χ0n) is 10.9.